The lowest BCUT2D eigenvalue weighted by Crippen LogP contribution is -2.19. The molecule has 0 fully saturated rings. The van der Waals surface area contributed by atoms with E-state index in [1.165, 1.54) is 0 Å². The molecule has 2 rings (SSSR count). The number of anilines is 1. The van der Waals surface area contributed by atoms with Crippen LogP contribution in [0.1, 0.15) is 18.9 Å². The fourth-order valence-electron chi connectivity index (χ4n) is 1.61. The molecule has 1 heterocycles. The summed E-state index contributed by atoms with van der Waals surface area (Å²) in [6, 6.07) is 9.35. The van der Waals surface area contributed by atoms with Crippen molar-refractivity contribution in [2.75, 3.05) is 5.32 Å². The third kappa shape index (κ3) is 3.07. The fraction of sp³-hybridized carbons (Fsp3) is 0.214. The summed E-state index contributed by atoms with van der Waals surface area (Å²) in [5.41, 5.74) is 2.46. The van der Waals surface area contributed by atoms with Crippen molar-refractivity contribution in [2.45, 2.75) is 20.3 Å². The first kappa shape index (κ1) is 13.0. The van der Waals surface area contributed by atoms with Gasteiger partial charge in [0.25, 0.3) is 5.56 Å². The van der Waals surface area contributed by atoms with E-state index in [0.29, 0.717) is 12.1 Å². The maximum absolute atomic E-state index is 11.6. The molecule has 0 aliphatic heterocycles. The van der Waals surface area contributed by atoms with Crippen LogP contribution < -0.4 is 10.9 Å². The van der Waals surface area contributed by atoms with Crippen LogP contribution in [0.25, 0.3) is 11.3 Å². The summed E-state index contributed by atoms with van der Waals surface area (Å²) in [6.07, 6.45) is 0.321. The topological polar surface area (TPSA) is 74.8 Å². The second-order valence-electron chi connectivity index (χ2n) is 4.26. The Bertz CT molecular complexity index is 644. The molecule has 0 saturated carbocycles. The number of carbonyl (C=O) groups is 1. The highest BCUT2D eigenvalue weighted by atomic mass is 16.2. The molecule has 0 spiro atoms. The van der Waals surface area contributed by atoms with Gasteiger partial charge in [0.2, 0.25) is 5.91 Å². The minimum atomic E-state index is -0.405. The molecule has 1 aromatic heterocycles. The molecule has 0 aliphatic carbocycles. The lowest BCUT2D eigenvalue weighted by atomic mass is 10.1. The standard InChI is InChI=1S/C14H15N3O2/c1-3-13(18)15-12-8-11(16-17-14(12)19)10-6-4-9(2)5-7-10/h4-8H,3H2,1-2H3,(H,17,19)(H,15,16,18). The van der Waals surface area contributed by atoms with Crippen molar-refractivity contribution in [3.8, 4) is 11.3 Å². The number of hydrogen-bond acceptors (Lipinski definition) is 3. The lowest BCUT2D eigenvalue weighted by molar-refractivity contribution is -0.115. The smallest absolute Gasteiger partial charge is 0.287 e. The average Bonchev–Trinajstić information content (AvgIpc) is 2.42. The Hall–Kier alpha value is -2.43. The molecule has 98 valence electrons. The van der Waals surface area contributed by atoms with Crippen molar-refractivity contribution in [1.29, 1.82) is 0 Å². The number of hydrogen-bond donors (Lipinski definition) is 2. The summed E-state index contributed by atoms with van der Waals surface area (Å²) in [5, 5.41) is 8.93. The molecule has 0 radical (unpaired) electrons. The second kappa shape index (κ2) is 5.48. The number of benzene rings is 1. The number of nitrogens with one attached hydrogen (secondary N) is 2. The fourth-order valence-corrected chi connectivity index (χ4v) is 1.61. The molecule has 0 bridgehead atoms. The Morgan fingerprint density at radius 1 is 1.32 bits per heavy atom. The van der Waals surface area contributed by atoms with Gasteiger partial charge >= 0.3 is 0 Å². The highest BCUT2D eigenvalue weighted by Gasteiger charge is 2.07. The quantitative estimate of drug-likeness (QED) is 0.884. The predicted octanol–water partition coefficient (Wildman–Crippen LogP) is 2.09. The number of rotatable bonds is 3. The Morgan fingerprint density at radius 3 is 2.63 bits per heavy atom. The van der Waals surface area contributed by atoms with Crippen LogP contribution in [0, 0.1) is 6.92 Å². The molecular weight excluding hydrogens is 242 g/mol. The van der Waals surface area contributed by atoms with Crippen LogP contribution in [0.15, 0.2) is 35.1 Å². The third-order valence-corrected chi connectivity index (χ3v) is 2.75. The van der Waals surface area contributed by atoms with Crippen LogP contribution in [-0.2, 0) is 4.79 Å². The molecule has 5 heteroatoms. The van der Waals surface area contributed by atoms with Gasteiger partial charge in [0.1, 0.15) is 5.69 Å². The summed E-state index contributed by atoms with van der Waals surface area (Å²) >= 11 is 0. The van der Waals surface area contributed by atoms with Crippen LogP contribution in [-0.4, -0.2) is 16.1 Å². The van der Waals surface area contributed by atoms with Crippen molar-refractivity contribution in [2.24, 2.45) is 0 Å². The van der Waals surface area contributed by atoms with Gasteiger partial charge in [0.15, 0.2) is 0 Å². The highest BCUT2D eigenvalue weighted by molar-refractivity contribution is 5.90. The van der Waals surface area contributed by atoms with Crippen molar-refractivity contribution in [3.63, 3.8) is 0 Å². The predicted molar refractivity (Wildman–Crippen MR) is 74.0 cm³/mol. The van der Waals surface area contributed by atoms with Crippen LogP contribution >= 0.6 is 0 Å². The van der Waals surface area contributed by atoms with Gasteiger partial charge in [-0.25, -0.2) is 5.10 Å². The van der Waals surface area contributed by atoms with E-state index in [-0.39, 0.29) is 11.6 Å². The molecule has 19 heavy (non-hydrogen) atoms. The molecule has 0 saturated heterocycles. The largest absolute Gasteiger partial charge is 0.321 e. The Kier molecular flexibility index (Phi) is 3.75. The number of carbonyl (C=O) groups excluding carboxylic acids is 1. The summed E-state index contributed by atoms with van der Waals surface area (Å²) in [6.45, 7) is 3.72. The van der Waals surface area contributed by atoms with E-state index in [1.54, 1.807) is 13.0 Å². The SMILES string of the molecule is CCC(=O)Nc1cc(-c2ccc(C)cc2)n[nH]c1=O. The second-order valence-corrected chi connectivity index (χ2v) is 4.26. The van der Waals surface area contributed by atoms with Gasteiger partial charge in [-0.2, -0.15) is 5.10 Å². The lowest BCUT2D eigenvalue weighted by Gasteiger charge is -2.05. The first-order valence-corrected chi connectivity index (χ1v) is 6.06. The molecule has 0 unspecified atom stereocenters. The van der Waals surface area contributed by atoms with Gasteiger partial charge in [-0.3, -0.25) is 9.59 Å². The number of aryl methyl sites for hydroxylation is 1. The zero-order valence-corrected chi connectivity index (χ0v) is 10.9. The molecule has 1 amide bonds. The van der Waals surface area contributed by atoms with E-state index in [2.05, 4.69) is 15.5 Å². The number of H-pyrrole nitrogens is 1. The van der Waals surface area contributed by atoms with Gasteiger partial charge in [-0.05, 0) is 13.0 Å². The van der Waals surface area contributed by atoms with E-state index in [4.69, 9.17) is 0 Å². The zero-order valence-electron chi connectivity index (χ0n) is 10.9. The van der Waals surface area contributed by atoms with Crippen LogP contribution in [0.2, 0.25) is 0 Å². The van der Waals surface area contributed by atoms with Gasteiger partial charge in [0.05, 0.1) is 5.69 Å². The van der Waals surface area contributed by atoms with Crippen LogP contribution in [0.4, 0.5) is 5.69 Å². The third-order valence-electron chi connectivity index (χ3n) is 2.75. The van der Waals surface area contributed by atoms with E-state index >= 15 is 0 Å². The van der Waals surface area contributed by atoms with E-state index in [9.17, 15) is 9.59 Å². The molecular formula is C14H15N3O2. The molecule has 2 aromatic rings. The molecule has 2 N–H and O–H groups in total. The van der Waals surface area contributed by atoms with Gasteiger partial charge in [-0.1, -0.05) is 36.8 Å². The minimum absolute atomic E-state index is 0.202. The van der Waals surface area contributed by atoms with Gasteiger partial charge in [0, 0.05) is 12.0 Å². The van der Waals surface area contributed by atoms with E-state index in [1.807, 2.05) is 31.2 Å². The number of nitrogens with zero attached hydrogens (tertiary/aromatic N) is 1. The maximum atomic E-state index is 11.6. The first-order chi connectivity index (χ1) is 9.10. The summed E-state index contributed by atoms with van der Waals surface area (Å²) in [5.74, 6) is -0.202. The minimum Gasteiger partial charge on any atom is -0.321 e. The number of aromatic nitrogens is 2. The van der Waals surface area contributed by atoms with E-state index in [0.717, 1.165) is 11.1 Å². The summed E-state index contributed by atoms with van der Waals surface area (Å²) < 4.78 is 0. The van der Waals surface area contributed by atoms with Crippen molar-refractivity contribution < 1.29 is 4.79 Å². The normalized spacial score (nSPS) is 10.2. The monoisotopic (exact) mass is 257 g/mol. The number of amides is 1. The van der Waals surface area contributed by atoms with Crippen LogP contribution in [0.5, 0.6) is 0 Å². The summed E-state index contributed by atoms with van der Waals surface area (Å²) in [4.78, 5) is 22.9. The molecule has 0 aliphatic rings. The van der Waals surface area contributed by atoms with Gasteiger partial charge < -0.3 is 5.32 Å². The Balaban J connectivity index is 2.38. The molecule has 0 atom stereocenters. The van der Waals surface area contributed by atoms with Crippen molar-refractivity contribution in [3.05, 3.63) is 46.2 Å². The number of aromatic amines is 1. The van der Waals surface area contributed by atoms with Crippen molar-refractivity contribution in [1.82, 2.24) is 10.2 Å². The van der Waals surface area contributed by atoms with Crippen LogP contribution in [0.3, 0.4) is 0 Å². The molecule has 5 nitrogen and oxygen atoms in total. The van der Waals surface area contributed by atoms with Gasteiger partial charge in [-0.15, -0.1) is 0 Å². The Labute approximate surface area is 110 Å². The highest BCUT2D eigenvalue weighted by Crippen LogP contribution is 2.18. The maximum Gasteiger partial charge on any atom is 0.287 e. The first-order valence-electron chi connectivity index (χ1n) is 6.06. The average molecular weight is 257 g/mol. The molecule has 1 aromatic carbocycles. The Morgan fingerprint density at radius 2 is 2.00 bits per heavy atom. The summed E-state index contributed by atoms with van der Waals surface area (Å²) in [7, 11) is 0. The zero-order chi connectivity index (χ0) is 13.8. The van der Waals surface area contributed by atoms with E-state index < -0.39 is 5.56 Å². The van der Waals surface area contributed by atoms with Crippen molar-refractivity contribution >= 4 is 11.6 Å².